The van der Waals surface area contributed by atoms with Crippen LogP contribution < -0.4 is 11.2 Å². The van der Waals surface area contributed by atoms with Gasteiger partial charge in [-0.1, -0.05) is 0 Å². The Morgan fingerprint density at radius 1 is 1.40 bits per heavy atom. The third kappa shape index (κ3) is 3.18. The molecule has 0 aliphatic rings. The van der Waals surface area contributed by atoms with E-state index in [4.69, 9.17) is 5.73 Å². The van der Waals surface area contributed by atoms with Crippen molar-refractivity contribution in [2.45, 2.75) is 0 Å². The molecule has 0 fully saturated rings. The summed E-state index contributed by atoms with van der Waals surface area (Å²) in [5.41, 5.74) is 9.34. The van der Waals surface area contributed by atoms with Crippen LogP contribution in [-0.2, 0) is 0 Å². The van der Waals surface area contributed by atoms with Gasteiger partial charge in [-0.2, -0.15) is 5.10 Å². The van der Waals surface area contributed by atoms with Gasteiger partial charge in [0.15, 0.2) is 5.11 Å². The molecule has 102 valence electrons. The second-order valence-electron chi connectivity index (χ2n) is 3.81. The molecule has 2 rings (SSSR count). The Balaban J connectivity index is 2.25. The molecule has 0 radical (unpaired) electrons. The molecule has 0 amide bonds. The van der Waals surface area contributed by atoms with Crippen LogP contribution in [0.25, 0.3) is 5.69 Å². The lowest BCUT2D eigenvalue weighted by molar-refractivity contribution is -0.384. The topological polar surface area (TPSA) is 98.5 Å². The number of rotatable bonds is 4. The molecular formula is C12H11N5O2S. The number of nitro groups is 1. The maximum atomic E-state index is 10.6. The number of nitrogens with two attached hydrogens (primary N) is 1. The monoisotopic (exact) mass is 289 g/mol. The van der Waals surface area contributed by atoms with E-state index in [1.165, 1.54) is 12.1 Å². The predicted molar refractivity (Wildman–Crippen MR) is 79.9 cm³/mol. The maximum absolute atomic E-state index is 10.6. The molecule has 1 aromatic heterocycles. The Morgan fingerprint density at radius 2 is 2.10 bits per heavy atom. The largest absolute Gasteiger partial charge is 0.375 e. The van der Waals surface area contributed by atoms with E-state index in [9.17, 15) is 10.1 Å². The van der Waals surface area contributed by atoms with Crippen molar-refractivity contribution in [1.82, 2.24) is 9.99 Å². The van der Waals surface area contributed by atoms with Crippen molar-refractivity contribution in [2.24, 2.45) is 10.8 Å². The van der Waals surface area contributed by atoms with Crippen LogP contribution in [0.15, 0.2) is 47.7 Å². The van der Waals surface area contributed by atoms with Crippen LogP contribution in [0.3, 0.4) is 0 Å². The molecule has 8 heteroatoms. The number of nitro benzene ring substituents is 1. The van der Waals surface area contributed by atoms with Gasteiger partial charge in [0.05, 0.1) is 16.8 Å². The first-order chi connectivity index (χ1) is 9.58. The quantitative estimate of drug-likeness (QED) is 0.385. The fourth-order valence-corrected chi connectivity index (χ4v) is 1.68. The van der Waals surface area contributed by atoms with E-state index in [0.717, 1.165) is 11.4 Å². The fraction of sp³-hybridized carbons (Fsp3) is 0. The van der Waals surface area contributed by atoms with Gasteiger partial charge in [-0.25, -0.2) is 0 Å². The zero-order valence-corrected chi connectivity index (χ0v) is 11.1. The zero-order chi connectivity index (χ0) is 14.5. The highest BCUT2D eigenvalue weighted by atomic mass is 32.1. The SMILES string of the molecule is NC(=S)N/N=C/c1cccn1-c1ccc([N+](=O)[O-])cc1. The number of hydrogen-bond acceptors (Lipinski definition) is 4. The van der Waals surface area contributed by atoms with Crippen LogP contribution in [0.4, 0.5) is 5.69 Å². The lowest BCUT2D eigenvalue weighted by atomic mass is 10.3. The van der Waals surface area contributed by atoms with Gasteiger partial charge in [0.1, 0.15) is 0 Å². The lowest BCUT2D eigenvalue weighted by Crippen LogP contribution is -2.24. The molecule has 0 unspecified atom stereocenters. The second-order valence-corrected chi connectivity index (χ2v) is 4.25. The summed E-state index contributed by atoms with van der Waals surface area (Å²) in [6.45, 7) is 0. The summed E-state index contributed by atoms with van der Waals surface area (Å²) in [5.74, 6) is 0. The molecule has 1 heterocycles. The normalized spacial score (nSPS) is 10.6. The minimum absolute atomic E-state index is 0.0475. The third-order valence-electron chi connectivity index (χ3n) is 2.49. The summed E-state index contributed by atoms with van der Waals surface area (Å²) in [6.07, 6.45) is 3.38. The molecule has 1 aromatic carbocycles. The average molecular weight is 289 g/mol. The Morgan fingerprint density at radius 3 is 2.70 bits per heavy atom. The molecule has 0 saturated carbocycles. The molecule has 20 heavy (non-hydrogen) atoms. The van der Waals surface area contributed by atoms with Crippen LogP contribution >= 0.6 is 12.2 Å². The summed E-state index contributed by atoms with van der Waals surface area (Å²) in [4.78, 5) is 10.2. The van der Waals surface area contributed by atoms with Gasteiger partial charge in [-0.3, -0.25) is 15.5 Å². The third-order valence-corrected chi connectivity index (χ3v) is 2.58. The van der Waals surface area contributed by atoms with Gasteiger partial charge in [0.2, 0.25) is 0 Å². The average Bonchev–Trinajstić information content (AvgIpc) is 2.87. The van der Waals surface area contributed by atoms with Crippen molar-refractivity contribution in [2.75, 3.05) is 0 Å². The van der Waals surface area contributed by atoms with Crippen LogP contribution in [0.5, 0.6) is 0 Å². The molecular weight excluding hydrogens is 278 g/mol. The summed E-state index contributed by atoms with van der Waals surface area (Å²) in [6, 6.07) is 9.90. The van der Waals surface area contributed by atoms with Crippen LogP contribution in [0.1, 0.15) is 5.69 Å². The summed E-state index contributed by atoms with van der Waals surface area (Å²) in [5, 5.41) is 14.6. The first-order valence-corrected chi connectivity index (χ1v) is 5.99. The zero-order valence-electron chi connectivity index (χ0n) is 10.3. The molecule has 0 spiro atoms. The van der Waals surface area contributed by atoms with E-state index in [-0.39, 0.29) is 10.8 Å². The smallest absolute Gasteiger partial charge is 0.269 e. The number of benzene rings is 1. The summed E-state index contributed by atoms with van der Waals surface area (Å²) in [7, 11) is 0. The molecule has 0 saturated heterocycles. The van der Waals surface area contributed by atoms with E-state index < -0.39 is 4.92 Å². The van der Waals surface area contributed by atoms with E-state index in [1.54, 1.807) is 18.3 Å². The molecule has 0 aliphatic carbocycles. The number of nitrogens with zero attached hydrogens (tertiary/aromatic N) is 3. The van der Waals surface area contributed by atoms with Gasteiger partial charge in [-0.15, -0.1) is 0 Å². The molecule has 3 N–H and O–H groups in total. The number of hydrogen-bond donors (Lipinski definition) is 2. The highest BCUT2D eigenvalue weighted by Gasteiger charge is 2.06. The first-order valence-electron chi connectivity index (χ1n) is 5.58. The summed E-state index contributed by atoms with van der Waals surface area (Å²) >= 11 is 4.64. The van der Waals surface area contributed by atoms with Gasteiger partial charge < -0.3 is 10.3 Å². The first kappa shape index (κ1) is 13.7. The van der Waals surface area contributed by atoms with Gasteiger partial charge >= 0.3 is 0 Å². The molecule has 0 bridgehead atoms. The number of non-ortho nitro benzene ring substituents is 1. The van der Waals surface area contributed by atoms with E-state index >= 15 is 0 Å². The van der Waals surface area contributed by atoms with Gasteiger partial charge in [0, 0.05) is 24.0 Å². The van der Waals surface area contributed by atoms with Crippen molar-refractivity contribution in [3.8, 4) is 5.69 Å². The molecule has 7 nitrogen and oxygen atoms in total. The molecule has 2 aromatic rings. The molecule has 0 aliphatic heterocycles. The van der Waals surface area contributed by atoms with E-state index in [1.807, 2.05) is 22.9 Å². The number of hydrazone groups is 1. The standard InChI is InChI=1S/C12H11N5O2S/c13-12(20)15-14-8-11-2-1-7-16(11)9-3-5-10(6-4-9)17(18)19/h1-8H,(H3,13,15,20)/b14-8+. The number of thiocarbonyl (C=S) groups is 1. The second kappa shape index (κ2) is 5.93. The minimum Gasteiger partial charge on any atom is -0.375 e. The van der Waals surface area contributed by atoms with Crippen LogP contribution in [0, 0.1) is 10.1 Å². The van der Waals surface area contributed by atoms with Crippen molar-refractivity contribution < 1.29 is 4.92 Å². The van der Waals surface area contributed by atoms with Crippen LogP contribution in [0.2, 0.25) is 0 Å². The maximum Gasteiger partial charge on any atom is 0.269 e. The van der Waals surface area contributed by atoms with E-state index in [0.29, 0.717) is 0 Å². The predicted octanol–water partition coefficient (Wildman–Crippen LogP) is 1.55. The Bertz CT molecular complexity index is 663. The van der Waals surface area contributed by atoms with Gasteiger partial charge in [0.25, 0.3) is 5.69 Å². The Hall–Kier alpha value is -2.74. The number of aromatic nitrogens is 1. The highest BCUT2D eigenvalue weighted by Crippen LogP contribution is 2.16. The summed E-state index contributed by atoms with van der Waals surface area (Å²) < 4.78 is 1.83. The van der Waals surface area contributed by atoms with Crippen molar-refractivity contribution in [3.05, 3.63) is 58.4 Å². The Labute approximate surface area is 119 Å². The highest BCUT2D eigenvalue weighted by molar-refractivity contribution is 7.80. The number of nitrogens with one attached hydrogen (secondary N) is 1. The molecule has 0 atom stereocenters. The van der Waals surface area contributed by atoms with Crippen molar-refractivity contribution in [1.29, 1.82) is 0 Å². The van der Waals surface area contributed by atoms with Crippen molar-refractivity contribution >= 4 is 29.2 Å². The van der Waals surface area contributed by atoms with E-state index in [2.05, 4.69) is 22.7 Å². The fourth-order valence-electron chi connectivity index (χ4n) is 1.63. The van der Waals surface area contributed by atoms with Crippen LogP contribution in [-0.4, -0.2) is 20.8 Å². The Kier molecular flexibility index (Phi) is 4.06. The lowest BCUT2D eigenvalue weighted by Gasteiger charge is -2.05. The van der Waals surface area contributed by atoms with Gasteiger partial charge in [-0.05, 0) is 36.5 Å². The van der Waals surface area contributed by atoms with Crippen molar-refractivity contribution in [3.63, 3.8) is 0 Å². The minimum atomic E-state index is -0.437.